The van der Waals surface area contributed by atoms with Gasteiger partial charge in [0.15, 0.2) is 5.13 Å². The van der Waals surface area contributed by atoms with Crippen molar-refractivity contribution in [2.24, 2.45) is 0 Å². The lowest BCUT2D eigenvalue weighted by atomic mass is 10.00. The Morgan fingerprint density at radius 3 is 2.43 bits per heavy atom. The van der Waals surface area contributed by atoms with Crippen LogP contribution in [0.2, 0.25) is 0 Å². The number of nitrogens with zero attached hydrogens (tertiary/aromatic N) is 4. The standard InChI is InChI=1S/C25H25N5O4S/c1-16(22(31)27-24-26-8-13-35-24)30-15-19-3-2-18(14-21(19)23(30)32)17-4-6-20(7-5-17)28-9-11-29(12-10-28)25(33)34/h2-8,13-14,16H,9-12,15H2,1H3,(H,33,34)(H,26,27,31)/t16-/m1/s1. The fourth-order valence-electron chi connectivity index (χ4n) is 4.47. The average Bonchev–Trinajstić information content (AvgIpc) is 3.51. The fourth-order valence-corrected chi connectivity index (χ4v) is 5.00. The predicted octanol–water partition coefficient (Wildman–Crippen LogP) is 3.59. The summed E-state index contributed by atoms with van der Waals surface area (Å²) >= 11 is 1.33. The lowest BCUT2D eigenvalue weighted by Crippen LogP contribution is -2.48. The van der Waals surface area contributed by atoms with Crippen LogP contribution >= 0.6 is 11.3 Å². The SMILES string of the molecule is C[C@H](C(=O)Nc1nccs1)N1Cc2ccc(-c3ccc(N4CCN(C(=O)O)CC4)cc3)cc2C1=O. The fraction of sp³-hybridized carbons (Fsp3) is 0.280. The predicted molar refractivity (Wildman–Crippen MR) is 134 cm³/mol. The largest absolute Gasteiger partial charge is 0.465 e. The summed E-state index contributed by atoms with van der Waals surface area (Å²) in [6.45, 7) is 4.40. The van der Waals surface area contributed by atoms with Crippen molar-refractivity contribution in [2.75, 3.05) is 36.4 Å². The van der Waals surface area contributed by atoms with Crippen LogP contribution in [0.25, 0.3) is 11.1 Å². The molecule has 0 unspecified atom stereocenters. The van der Waals surface area contributed by atoms with Crippen LogP contribution in [0.15, 0.2) is 54.0 Å². The van der Waals surface area contributed by atoms with E-state index >= 15 is 0 Å². The van der Waals surface area contributed by atoms with Crippen molar-refractivity contribution in [1.29, 1.82) is 0 Å². The number of hydrogen-bond acceptors (Lipinski definition) is 6. The van der Waals surface area contributed by atoms with Gasteiger partial charge in [-0.15, -0.1) is 11.3 Å². The van der Waals surface area contributed by atoms with E-state index in [0.29, 0.717) is 43.4 Å². The third-order valence-corrected chi connectivity index (χ3v) is 7.26. The smallest absolute Gasteiger partial charge is 0.407 e. The lowest BCUT2D eigenvalue weighted by molar-refractivity contribution is -0.120. The van der Waals surface area contributed by atoms with Crippen LogP contribution in [-0.2, 0) is 11.3 Å². The molecule has 9 nitrogen and oxygen atoms in total. The maximum absolute atomic E-state index is 13.1. The highest BCUT2D eigenvalue weighted by atomic mass is 32.1. The van der Waals surface area contributed by atoms with Gasteiger partial charge in [-0.05, 0) is 41.8 Å². The topological polar surface area (TPSA) is 106 Å². The third-order valence-electron chi connectivity index (χ3n) is 6.57. The number of anilines is 2. The van der Waals surface area contributed by atoms with E-state index < -0.39 is 12.1 Å². The van der Waals surface area contributed by atoms with E-state index in [2.05, 4.69) is 15.2 Å². The Hall–Kier alpha value is -3.92. The van der Waals surface area contributed by atoms with Crippen molar-refractivity contribution in [2.45, 2.75) is 19.5 Å². The highest BCUT2D eigenvalue weighted by Gasteiger charge is 2.34. The molecule has 2 aliphatic rings. The molecule has 1 fully saturated rings. The molecule has 0 saturated carbocycles. The van der Waals surface area contributed by atoms with Crippen LogP contribution in [0.4, 0.5) is 15.6 Å². The number of benzene rings is 2. The maximum atomic E-state index is 13.1. The van der Waals surface area contributed by atoms with E-state index in [1.807, 2.05) is 42.5 Å². The molecule has 3 amide bonds. The van der Waals surface area contributed by atoms with Gasteiger partial charge in [-0.2, -0.15) is 0 Å². The van der Waals surface area contributed by atoms with Crippen molar-refractivity contribution in [1.82, 2.24) is 14.8 Å². The van der Waals surface area contributed by atoms with Crippen LogP contribution in [0.5, 0.6) is 0 Å². The van der Waals surface area contributed by atoms with Gasteiger partial charge in [-0.3, -0.25) is 9.59 Å². The Morgan fingerprint density at radius 1 is 1.06 bits per heavy atom. The van der Waals surface area contributed by atoms with E-state index in [0.717, 1.165) is 22.4 Å². The first-order valence-corrected chi connectivity index (χ1v) is 12.3. The molecule has 0 aliphatic carbocycles. The van der Waals surface area contributed by atoms with Gasteiger partial charge in [0.1, 0.15) is 6.04 Å². The van der Waals surface area contributed by atoms with Gasteiger partial charge in [0.2, 0.25) is 5.91 Å². The van der Waals surface area contributed by atoms with Crippen molar-refractivity contribution in [3.63, 3.8) is 0 Å². The van der Waals surface area contributed by atoms with Crippen LogP contribution in [0.3, 0.4) is 0 Å². The van der Waals surface area contributed by atoms with Crippen LogP contribution < -0.4 is 10.2 Å². The molecular weight excluding hydrogens is 466 g/mol. The van der Waals surface area contributed by atoms with Crippen LogP contribution in [0.1, 0.15) is 22.8 Å². The zero-order valence-corrected chi connectivity index (χ0v) is 20.0. The summed E-state index contributed by atoms with van der Waals surface area (Å²) < 4.78 is 0. The Balaban J connectivity index is 1.27. The molecule has 3 aromatic rings. The molecule has 5 rings (SSSR count). The number of fused-ring (bicyclic) bond motifs is 1. The second-order valence-electron chi connectivity index (χ2n) is 8.61. The number of carbonyl (C=O) groups is 3. The van der Waals surface area contributed by atoms with Crippen molar-refractivity contribution in [3.8, 4) is 11.1 Å². The number of piperazine rings is 1. The summed E-state index contributed by atoms with van der Waals surface area (Å²) in [4.78, 5) is 46.1. The van der Waals surface area contributed by atoms with E-state index in [4.69, 9.17) is 5.11 Å². The van der Waals surface area contributed by atoms with Crippen LogP contribution in [0, 0.1) is 0 Å². The van der Waals surface area contributed by atoms with Gasteiger partial charge in [0, 0.05) is 55.6 Å². The van der Waals surface area contributed by atoms with Gasteiger partial charge in [0.05, 0.1) is 0 Å². The first-order valence-electron chi connectivity index (χ1n) is 11.4. The maximum Gasteiger partial charge on any atom is 0.407 e. The first-order chi connectivity index (χ1) is 16.9. The van der Waals surface area contributed by atoms with E-state index in [1.54, 1.807) is 23.4 Å². The number of carboxylic acid groups (broad SMARTS) is 1. The minimum atomic E-state index is -0.876. The molecule has 1 aromatic heterocycles. The van der Waals surface area contributed by atoms with Gasteiger partial charge < -0.3 is 25.1 Å². The van der Waals surface area contributed by atoms with Crippen molar-refractivity contribution < 1.29 is 19.5 Å². The summed E-state index contributed by atoms with van der Waals surface area (Å²) in [5.41, 5.74) is 4.48. The Kier molecular flexibility index (Phi) is 6.12. The monoisotopic (exact) mass is 491 g/mol. The van der Waals surface area contributed by atoms with Gasteiger partial charge in [-0.1, -0.05) is 24.3 Å². The summed E-state index contributed by atoms with van der Waals surface area (Å²) in [5, 5.41) is 14.2. The molecule has 2 aromatic carbocycles. The Morgan fingerprint density at radius 2 is 1.77 bits per heavy atom. The van der Waals surface area contributed by atoms with Gasteiger partial charge in [-0.25, -0.2) is 9.78 Å². The zero-order valence-electron chi connectivity index (χ0n) is 19.2. The summed E-state index contributed by atoms with van der Waals surface area (Å²) in [6, 6.07) is 13.3. The summed E-state index contributed by atoms with van der Waals surface area (Å²) in [5.74, 6) is -0.419. The summed E-state index contributed by atoms with van der Waals surface area (Å²) in [7, 11) is 0. The molecule has 3 heterocycles. The molecule has 0 bridgehead atoms. The molecule has 2 N–H and O–H groups in total. The molecule has 0 radical (unpaired) electrons. The van der Waals surface area contributed by atoms with Crippen molar-refractivity contribution >= 4 is 40.1 Å². The molecule has 35 heavy (non-hydrogen) atoms. The highest BCUT2D eigenvalue weighted by molar-refractivity contribution is 7.13. The third kappa shape index (κ3) is 4.57. The van der Waals surface area contributed by atoms with Crippen LogP contribution in [-0.4, -0.2) is 70.0 Å². The molecular formula is C25H25N5O4S. The number of nitrogens with one attached hydrogen (secondary N) is 1. The molecule has 0 spiro atoms. The van der Waals surface area contributed by atoms with Gasteiger partial charge in [0.25, 0.3) is 5.91 Å². The first kappa shape index (κ1) is 22.9. The number of hydrogen-bond donors (Lipinski definition) is 2. The molecule has 180 valence electrons. The highest BCUT2D eigenvalue weighted by Crippen LogP contribution is 2.31. The van der Waals surface area contributed by atoms with E-state index in [1.165, 1.54) is 16.2 Å². The molecule has 10 heteroatoms. The van der Waals surface area contributed by atoms with E-state index in [9.17, 15) is 14.4 Å². The quantitative estimate of drug-likeness (QED) is 0.565. The molecule has 1 saturated heterocycles. The minimum Gasteiger partial charge on any atom is -0.465 e. The van der Waals surface area contributed by atoms with E-state index in [-0.39, 0.29) is 11.8 Å². The number of thiazole rings is 1. The normalized spacial score (nSPS) is 16.3. The Bertz CT molecular complexity index is 1250. The second kappa shape index (κ2) is 9.38. The molecule has 2 aliphatic heterocycles. The number of amides is 3. The Labute approximate surface area is 206 Å². The minimum absolute atomic E-state index is 0.156. The van der Waals surface area contributed by atoms with Crippen molar-refractivity contribution in [3.05, 3.63) is 65.2 Å². The second-order valence-corrected chi connectivity index (χ2v) is 9.51. The lowest BCUT2D eigenvalue weighted by Gasteiger charge is -2.34. The van der Waals surface area contributed by atoms with Gasteiger partial charge >= 0.3 is 6.09 Å². The number of carbonyl (C=O) groups excluding carboxylic acids is 2. The average molecular weight is 492 g/mol. The number of rotatable bonds is 5. The molecule has 1 atom stereocenters. The number of aromatic nitrogens is 1. The zero-order chi connectivity index (χ0) is 24.5. The summed E-state index contributed by atoms with van der Waals surface area (Å²) in [6.07, 6.45) is 0.745.